The van der Waals surface area contributed by atoms with Crippen molar-refractivity contribution < 1.29 is 14.3 Å². The van der Waals surface area contributed by atoms with Crippen molar-refractivity contribution in [3.63, 3.8) is 0 Å². The number of hydrogen-bond donors (Lipinski definition) is 1. The maximum Gasteiger partial charge on any atom is 0.357 e. The average molecular weight is 184 g/mol. The first-order valence-electron chi connectivity index (χ1n) is 4.13. The van der Waals surface area contributed by atoms with Gasteiger partial charge in [0.15, 0.2) is 11.5 Å². The van der Waals surface area contributed by atoms with E-state index in [1.54, 1.807) is 0 Å². The number of carboxylic acid groups (broad SMARTS) is 1. The van der Waals surface area contributed by atoms with E-state index < -0.39 is 11.8 Å². The third kappa shape index (κ3) is 1.54. The van der Waals surface area contributed by atoms with Crippen molar-refractivity contribution in [2.45, 2.75) is 19.4 Å². The lowest BCUT2D eigenvalue weighted by Gasteiger charge is -2.01. The molecule has 13 heavy (non-hydrogen) atoms. The number of halogens is 1. The van der Waals surface area contributed by atoms with Crippen molar-refractivity contribution in [3.8, 4) is 0 Å². The number of aromatic nitrogens is 2. The van der Waals surface area contributed by atoms with Crippen LogP contribution in [0.15, 0.2) is 6.20 Å². The second-order valence-corrected chi connectivity index (χ2v) is 3.27. The Bertz CT molecular complexity index is 344. The van der Waals surface area contributed by atoms with Crippen molar-refractivity contribution in [1.82, 2.24) is 9.78 Å². The fraction of sp³-hybridized carbons (Fsp3) is 0.500. The topological polar surface area (TPSA) is 55.1 Å². The Morgan fingerprint density at radius 2 is 2.46 bits per heavy atom. The third-order valence-electron chi connectivity index (χ3n) is 2.13. The monoisotopic (exact) mass is 184 g/mol. The van der Waals surface area contributed by atoms with Crippen LogP contribution in [0.2, 0.25) is 0 Å². The molecule has 1 aliphatic carbocycles. The molecule has 1 heterocycles. The maximum absolute atomic E-state index is 12.9. The lowest BCUT2D eigenvalue weighted by atomic mass is 10.4. The van der Waals surface area contributed by atoms with Gasteiger partial charge in [-0.2, -0.15) is 5.10 Å². The van der Waals surface area contributed by atoms with Crippen LogP contribution < -0.4 is 0 Å². The highest BCUT2D eigenvalue weighted by molar-refractivity contribution is 5.85. The highest BCUT2D eigenvalue weighted by Gasteiger charge is 2.26. The van der Waals surface area contributed by atoms with Gasteiger partial charge in [-0.3, -0.25) is 4.68 Å². The number of aromatic carboxylic acids is 1. The molecular weight excluding hydrogens is 175 g/mol. The summed E-state index contributed by atoms with van der Waals surface area (Å²) in [5, 5.41) is 12.3. The van der Waals surface area contributed by atoms with E-state index >= 15 is 0 Å². The van der Waals surface area contributed by atoms with Crippen LogP contribution in [0.25, 0.3) is 0 Å². The van der Waals surface area contributed by atoms with Gasteiger partial charge in [-0.1, -0.05) is 0 Å². The molecular formula is C8H9FN2O2. The van der Waals surface area contributed by atoms with E-state index in [1.165, 1.54) is 4.68 Å². The van der Waals surface area contributed by atoms with E-state index in [2.05, 4.69) is 5.10 Å². The Balaban J connectivity index is 2.27. The first-order valence-corrected chi connectivity index (χ1v) is 4.13. The van der Waals surface area contributed by atoms with E-state index in [4.69, 9.17) is 5.11 Å². The van der Waals surface area contributed by atoms with Gasteiger partial charge in [0.25, 0.3) is 0 Å². The van der Waals surface area contributed by atoms with Crippen LogP contribution in [0.4, 0.5) is 4.39 Å². The van der Waals surface area contributed by atoms with E-state index in [1.807, 2.05) is 0 Å². The van der Waals surface area contributed by atoms with Crippen molar-refractivity contribution >= 4 is 5.97 Å². The summed E-state index contributed by atoms with van der Waals surface area (Å²) >= 11 is 0. The molecule has 0 aliphatic heterocycles. The SMILES string of the molecule is O=C(O)c1c(F)cnn1CC1CC1. The molecule has 0 atom stereocenters. The van der Waals surface area contributed by atoms with Crippen LogP contribution >= 0.6 is 0 Å². The first-order chi connectivity index (χ1) is 6.18. The van der Waals surface area contributed by atoms with Gasteiger partial charge in [0.05, 0.1) is 6.20 Å². The van der Waals surface area contributed by atoms with Gasteiger partial charge in [-0.05, 0) is 18.8 Å². The summed E-state index contributed by atoms with van der Waals surface area (Å²) in [6.45, 7) is 0.519. The summed E-state index contributed by atoms with van der Waals surface area (Å²) in [4.78, 5) is 10.6. The smallest absolute Gasteiger partial charge is 0.357 e. The molecule has 1 aromatic heterocycles. The minimum absolute atomic E-state index is 0.327. The molecule has 4 nitrogen and oxygen atoms in total. The van der Waals surface area contributed by atoms with Crippen LogP contribution in [0.1, 0.15) is 23.3 Å². The molecule has 0 saturated heterocycles. The molecule has 0 unspecified atom stereocenters. The van der Waals surface area contributed by atoms with Crippen LogP contribution in [0.5, 0.6) is 0 Å². The predicted octanol–water partition coefficient (Wildman–Crippen LogP) is 1.13. The Morgan fingerprint density at radius 3 is 3.00 bits per heavy atom. The summed E-state index contributed by atoms with van der Waals surface area (Å²) in [6.07, 6.45) is 3.12. The standard InChI is InChI=1S/C8H9FN2O2/c9-6-3-10-11(4-5-1-2-5)7(6)8(12)13/h3,5H,1-2,4H2,(H,12,13). The van der Waals surface area contributed by atoms with Crippen molar-refractivity contribution in [2.75, 3.05) is 0 Å². The van der Waals surface area contributed by atoms with Crippen LogP contribution in [-0.4, -0.2) is 20.9 Å². The van der Waals surface area contributed by atoms with Gasteiger partial charge in [0.2, 0.25) is 0 Å². The molecule has 1 fully saturated rings. The molecule has 0 spiro atoms. The molecule has 0 aromatic carbocycles. The van der Waals surface area contributed by atoms with Crippen molar-refractivity contribution in [3.05, 3.63) is 17.7 Å². The maximum atomic E-state index is 12.9. The van der Waals surface area contributed by atoms with E-state index in [0.29, 0.717) is 12.5 Å². The number of hydrogen-bond acceptors (Lipinski definition) is 2. The second kappa shape index (κ2) is 2.83. The number of nitrogens with zero attached hydrogens (tertiary/aromatic N) is 2. The normalized spacial score (nSPS) is 16.1. The second-order valence-electron chi connectivity index (χ2n) is 3.27. The summed E-state index contributed by atoms with van der Waals surface area (Å²) in [5.41, 5.74) is -0.327. The molecule has 1 aliphatic rings. The Labute approximate surface area is 74.0 Å². The summed E-state index contributed by atoms with van der Waals surface area (Å²) in [6, 6.07) is 0. The predicted molar refractivity (Wildman–Crippen MR) is 41.9 cm³/mol. The van der Waals surface area contributed by atoms with Crippen LogP contribution in [0, 0.1) is 11.7 Å². The molecule has 1 aromatic rings. The molecule has 5 heteroatoms. The first kappa shape index (κ1) is 8.22. The summed E-state index contributed by atoms with van der Waals surface area (Å²) < 4.78 is 14.1. The molecule has 1 saturated carbocycles. The fourth-order valence-corrected chi connectivity index (χ4v) is 1.26. The van der Waals surface area contributed by atoms with E-state index in [9.17, 15) is 9.18 Å². The summed E-state index contributed by atoms with van der Waals surface area (Å²) in [5.74, 6) is -1.53. The average Bonchev–Trinajstić information content (AvgIpc) is 2.76. The quantitative estimate of drug-likeness (QED) is 0.766. The van der Waals surface area contributed by atoms with Gasteiger partial charge < -0.3 is 5.11 Å². The molecule has 0 radical (unpaired) electrons. The minimum Gasteiger partial charge on any atom is -0.476 e. The lowest BCUT2D eigenvalue weighted by Crippen LogP contribution is -2.12. The minimum atomic E-state index is -1.25. The van der Waals surface area contributed by atoms with Crippen molar-refractivity contribution in [2.24, 2.45) is 5.92 Å². The highest BCUT2D eigenvalue weighted by Crippen LogP contribution is 2.30. The zero-order valence-electron chi connectivity index (χ0n) is 6.90. The summed E-state index contributed by atoms with van der Waals surface area (Å²) in [7, 11) is 0. The zero-order chi connectivity index (χ0) is 9.42. The highest BCUT2D eigenvalue weighted by atomic mass is 19.1. The molecule has 0 bridgehead atoms. The number of carboxylic acids is 1. The van der Waals surface area contributed by atoms with Gasteiger partial charge in [-0.25, -0.2) is 9.18 Å². The van der Waals surface area contributed by atoms with E-state index in [-0.39, 0.29) is 5.69 Å². The number of carbonyl (C=O) groups is 1. The van der Waals surface area contributed by atoms with E-state index in [0.717, 1.165) is 19.0 Å². The lowest BCUT2D eigenvalue weighted by molar-refractivity contribution is 0.0677. The van der Waals surface area contributed by atoms with Crippen molar-refractivity contribution in [1.29, 1.82) is 0 Å². The van der Waals surface area contributed by atoms with Gasteiger partial charge >= 0.3 is 5.97 Å². The Hall–Kier alpha value is -1.39. The third-order valence-corrected chi connectivity index (χ3v) is 2.13. The van der Waals surface area contributed by atoms with Gasteiger partial charge in [0, 0.05) is 6.54 Å². The van der Waals surface area contributed by atoms with Gasteiger partial charge in [-0.15, -0.1) is 0 Å². The zero-order valence-corrected chi connectivity index (χ0v) is 6.90. The largest absolute Gasteiger partial charge is 0.476 e. The Kier molecular flexibility index (Phi) is 1.79. The Morgan fingerprint density at radius 1 is 1.77 bits per heavy atom. The fourth-order valence-electron chi connectivity index (χ4n) is 1.26. The molecule has 1 N–H and O–H groups in total. The molecule has 2 rings (SSSR count). The molecule has 0 amide bonds. The van der Waals surface area contributed by atoms with Crippen LogP contribution in [0.3, 0.4) is 0 Å². The molecule has 70 valence electrons. The van der Waals surface area contributed by atoms with Gasteiger partial charge in [0.1, 0.15) is 0 Å². The van der Waals surface area contributed by atoms with Crippen LogP contribution in [-0.2, 0) is 6.54 Å². The number of rotatable bonds is 3.